The molecule has 4 heteroatoms. The van der Waals surface area contributed by atoms with Crippen LogP contribution in [0.5, 0.6) is 0 Å². The SMILES string of the molecule is COC(CC(Cc1ccccc1)C(=O)O)C(C)O. The number of aliphatic carboxylic acids is 1. The van der Waals surface area contributed by atoms with Gasteiger partial charge >= 0.3 is 5.97 Å². The van der Waals surface area contributed by atoms with Crippen LogP contribution in [-0.4, -0.2) is 35.5 Å². The maximum atomic E-state index is 11.2. The van der Waals surface area contributed by atoms with Crippen LogP contribution >= 0.6 is 0 Å². The largest absolute Gasteiger partial charge is 0.481 e. The molecule has 4 nitrogen and oxygen atoms in total. The summed E-state index contributed by atoms with van der Waals surface area (Å²) >= 11 is 0. The van der Waals surface area contributed by atoms with Crippen LogP contribution in [0.25, 0.3) is 0 Å². The zero-order valence-electron chi connectivity index (χ0n) is 10.7. The Hall–Kier alpha value is -1.39. The van der Waals surface area contributed by atoms with Gasteiger partial charge in [0.2, 0.25) is 0 Å². The number of carbonyl (C=O) groups is 1. The number of hydrogen-bond donors (Lipinski definition) is 2. The minimum Gasteiger partial charge on any atom is -0.481 e. The van der Waals surface area contributed by atoms with Crippen LogP contribution in [0.15, 0.2) is 30.3 Å². The molecule has 0 amide bonds. The number of benzene rings is 1. The molecule has 3 atom stereocenters. The molecule has 1 aromatic rings. The lowest BCUT2D eigenvalue weighted by Gasteiger charge is -2.22. The van der Waals surface area contributed by atoms with Gasteiger partial charge < -0.3 is 14.9 Å². The van der Waals surface area contributed by atoms with Crippen molar-refractivity contribution < 1.29 is 19.7 Å². The van der Waals surface area contributed by atoms with Crippen molar-refractivity contribution in [2.45, 2.75) is 32.0 Å². The van der Waals surface area contributed by atoms with Crippen LogP contribution in [0.1, 0.15) is 18.9 Å². The summed E-state index contributed by atoms with van der Waals surface area (Å²) in [5, 5.41) is 18.7. The van der Waals surface area contributed by atoms with Crippen LogP contribution in [0.2, 0.25) is 0 Å². The van der Waals surface area contributed by atoms with Gasteiger partial charge in [0.25, 0.3) is 0 Å². The van der Waals surface area contributed by atoms with Gasteiger partial charge in [0.05, 0.1) is 18.1 Å². The first-order valence-corrected chi connectivity index (χ1v) is 6.02. The summed E-state index contributed by atoms with van der Waals surface area (Å²) < 4.78 is 5.12. The van der Waals surface area contributed by atoms with Gasteiger partial charge in [-0.3, -0.25) is 4.79 Å². The first-order chi connectivity index (χ1) is 8.54. The van der Waals surface area contributed by atoms with E-state index in [0.29, 0.717) is 12.8 Å². The zero-order valence-corrected chi connectivity index (χ0v) is 10.7. The first kappa shape index (κ1) is 14.7. The number of aliphatic hydroxyl groups is 1. The summed E-state index contributed by atoms with van der Waals surface area (Å²) in [5.41, 5.74) is 0.977. The number of hydrogen-bond acceptors (Lipinski definition) is 3. The highest BCUT2D eigenvalue weighted by atomic mass is 16.5. The molecule has 0 saturated heterocycles. The molecule has 100 valence electrons. The van der Waals surface area contributed by atoms with Gasteiger partial charge in [-0.1, -0.05) is 30.3 Å². The highest BCUT2D eigenvalue weighted by molar-refractivity contribution is 5.70. The molecule has 0 aliphatic rings. The third-order valence-corrected chi connectivity index (χ3v) is 3.03. The summed E-state index contributed by atoms with van der Waals surface area (Å²) in [7, 11) is 1.48. The van der Waals surface area contributed by atoms with Gasteiger partial charge in [0, 0.05) is 7.11 Å². The second-order valence-electron chi connectivity index (χ2n) is 4.48. The average Bonchev–Trinajstić information content (AvgIpc) is 2.34. The average molecular weight is 252 g/mol. The number of carboxylic acids is 1. The van der Waals surface area contributed by atoms with E-state index in [1.807, 2.05) is 30.3 Å². The topological polar surface area (TPSA) is 66.8 Å². The lowest BCUT2D eigenvalue weighted by Crippen LogP contribution is -2.31. The maximum absolute atomic E-state index is 11.2. The van der Waals surface area contributed by atoms with E-state index in [4.69, 9.17) is 4.74 Å². The molecule has 1 rings (SSSR count). The predicted octanol–water partition coefficient (Wildman–Crippen LogP) is 1.72. The number of carboxylic acid groups (broad SMARTS) is 1. The normalized spacial score (nSPS) is 15.9. The van der Waals surface area contributed by atoms with E-state index in [-0.39, 0.29) is 0 Å². The fourth-order valence-electron chi connectivity index (χ4n) is 1.94. The van der Waals surface area contributed by atoms with Crippen molar-refractivity contribution in [3.63, 3.8) is 0 Å². The van der Waals surface area contributed by atoms with Crippen molar-refractivity contribution >= 4 is 5.97 Å². The molecule has 1 aromatic carbocycles. The molecule has 0 aliphatic carbocycles. The van der Waals surface area contributed by atoms with E-state index in [0.717, 1.165) is 5.56 Å². The van der Waals surface area contributed by atoms with Crippen molar-refractivity contribution in [1.29, 1.82) is 0 Å². The Kier molecular flexibility index (Phi) is 5.82. The Morgan fingerprint density at radius 2 is 1.94 bits per heavy atom. The summed E-state index contributed by atoms with van der Waals surface area (Å²) in [6.07, 6.45) is -0.372. The minimum atomic E-state index is -0.860. The number of aliphatic hydroxyl groups excluding tert-OH is 1. The number of methoxy groups -OCH3 is 1. The van der Waals surface area contributed by atoms with Crippen LogP contribution in [0.4, 0.5) is 0 Å². The van der Waals surface area contributed by atoms with Gasteiger partial charge in [-0.15, -0.1) is 0 Å². The maximum Gasteiger partial charge on any atom is 0.306 e. The Morgan fingerprint density at radius 3 is 2.39 bits per heavy atom. The molecular formula is C14H20O4. The van der Waals surface area contributed by atoms with Crippen LogP contribution in [0.3, 0.4) is 0 Å². The molecule has 0 fully saturated rings. The van der Waals surface area contributed by atoms with Crippen molar-refractivity contribution in [3.05, 3.63) is 35.9 Å². The van der Waals surface area contributed by atoms with Crippen LogP contribution < -0.4 is 0 Å². The summed E-state index contributed by atoms with van der Waals surface area (Å²) in [4.78, 5) is 11.2. The van der Waals surface area contributed by atoms with E-state index in [1.165, 1.54) is 7.11 Å². The van der Waals surface area contributed by atoms with Crippen molar-refractivity contribution in [2.24, 2.45) is 5.92 Å². The predicted molar refractivity (Wildman–Crippen MR) is 68.4 cm³/mol. The molecule has 0 aromatic heterocycles. The molecular weight excluding hydrogens is 232 g/mol. The summed E-state index contributed by atoms with van der Waals surface area (Å²) in [6, 6.07) is 9.47. The molecule has 0 bridgehead atoms. The zero-order chi connectivity index (χ0) is 13.5. The van der Waals surface area contributed by atoms with Gasteiger partial charge in [-0.05, 0) is 25.3 Å². The molecule has 0 spiro atoms. The van der Waals surface area contributed by atoms with Gasteiger partial charge in [-0.2, -0.15) is 0 Å². The van der Waals surface area contributed by atoms with E-state index in [9.17, 15) is 15.0 Å². The van der Waals surface area contributed by atoms with Crippen LogP contribution in [0, 0.1) is 5.92 Å². The lowest BCUT2D eigenvalue weighted by atomic mass is 9.92. The molecule has 2 N–H and O–H groups in total. The highest BCUT2D eigenvalue weighted by Crippen LogP contribution is 2.18. The van der Waals surface area contributed by atoms with Gasteiger partial charge in [-0.25, -0.2) is 0 Å². The Morgan fingerprint density at radius 1 is 1.33 bits per heavy atom. The van der Waals surface area contributed by atoms with Crippen molar-refractivity contribution in [2.75, 3.05) is 7.11 Å². The molecule has 0 saturated carbocycles. The Labute approximate surface area is 107 Å². The molecule has 0 heterocycles. The van der Waals surface area contributed by atoms with E-state index >= 15 is 0 Å². The van der Waals surface area contributed by atoms with E-state index in [2.05, 4.69) is 0 Å². The third-order valence-electron chi connectivity index (χ3n) is 3.03. The van der Waals surface area contributed by atoms with Gasteiger partial charge in [0.1, 0.15) is 0 Å². The van der Waals surface area contributed by atoms with E-state index < -0.39 is 24.1 Å². The second-order valence-corrected chi connectivity index (χ2v) is 4.48. The molecule has 3 unspecified atom stereocenters. The summed E-state index contributed by atoms with van der Waals surface area (Å²) in [6.45, 7) is 1.61. The fourth-order valence-corrected chi connectivity index (χ4v) is 1.94. The molecule has 0 aliphatic heterocycles. The smallest absolute Gasteiger partial charge is 0.306 e. The Balaban J connectivity index is 2.69. The highest BCUT2D eigenvalue weighted by Gasteiger charge is 2.25. The quantitative estimate of drug-likeness (QED) is 0.775. The summed E-state index contributed by atoms with van der Waals surface area (Å²) in [5.74, 6) is -1.41. The van der Waals surface area contributed by atoms with Crippen LogP contribution in [-0.2, 0) is 16.0 Å². The van der Waals surface area contributed by atoms with Gasteiger partial charge in [0.15, 0.2) is 0 Å². The monoisotopic (exact) mass is 252 g/mol. The third kappa shape index (κ3) is 4.47. The number of rotatable bonds is 7. The standard InChI is InChI=1S/C14H20O4/c1-10(15)13(18-2)9-12(14(16)17)8-11-6-4-3-5-7-11/h3-7,10,12-13,15H,8-9H2,1-2H3,(H,16,17). The van der Waals surface area contributed by atoms with E-state index in [1.54, 1.807) is 6.92 Å². The first-order valence-electron chi connectivity index (χ1n) is 6.02. The number of ether oxygens (including phenoxy) is 1. The minimum absolute atomic E-state index is 0.304. The Bertz CT molecular complexity index is 361. The van der Waals surface area contributed by atoms with Crippen molar-refractivity contribution in [1.82, 2.24) is 0 Å². The molecule has 18 heavy (non-hydrogen) atoms. The fraction of sp³-hybridized carbons (Fsp3) is 0.500. The molecule has 0 radical (unpaired) electrons. The second kappa shape index (κ2) is 7.13. The lowest BCUT2D eigenvalue weighted by molar-refractivity contribution is -0.143. The van der Waals surface area contributed by atoms with Crippen molar-refractivity contribution in [3.8, 4) is 0 Å².